The molecule has 0 amide bonds. The highest BCUT2D eigenvalue weighted by atomic mass is 16.4. The number of carbonyl (C=O) groups is 1. The van der Waals surface area contributed by atoms with Gasteiger partial charge in [-0.1, -0.05) is 12.1 Å². The van der Waals surface area contributed by atoms with Crippen LogP contribution in [0.1, 0.15) is 30.1 Å². The molecule has 1 aromatic carbocycles. The Morgan fingerprint density at radius 1 is 1.29 bits per heavy atom. The summed E-state index contributed by atoms with van der Waals surface area (Å²) in [6.07, 6.45) is 1.34. The quantitative estimate of drug-likeness (QED) is 0.819. The molecule has 0 aliphatic carbocycles. The summed E-state index contributed by atoms with van der Waals surface area (Å²) in [5, 5.41) is 19.0. The highest BCUT2D eigenvalue weighted by molar-refractivity contribution is 5.94. The molecule has 1 fully saturated rings. The van der Waals surface area contributed by atoms with Crippen molar-refractivity contribution in [2.45, 2.75) is 25.4 Å². The molecule has 1 aliphatic heterocycles. The van der Waals surface area contributed by atoms with Crippen molar-refractivity contribution in [1.82, 2.24) is 0 Å². The molecule has 17 heavy (non-hydrogen) atoms. The van der Waals surface area contributed by atoms with Gasteiger partial charge in [-0.15, -0.1) is 0 Å². The third-order valence-corrected chi connectivity index (χ3v) is 3.32. The number of para-hydroxylation sites is 1. The maximum Gasteiger partial charge on any atom is 0.337 e. The first kappa shape index (κ1) is 11.9. The van der Waals surface area contributed by atoms with E-state index >= 15 is 0 Å². The Bertz CT molecular complexity index is 418. The fourth-order valence-corrected chi connectivity index (χ4v) is 2.16. The smallest absolute Gasteiger partial charge is 0.337 e. The van der Waals surface area contributed by atoms with E-state index in [1.54, 1.807) is 12.1 Å². The van der Waals surface area contributed by atoms with Gasteiger partial charge in [-0.25, -0.2) is 4.79 Å². The normalized spacial score (nSPS) is 19.1. The van der Waals surface area contributed by atoms with Crippen molar-refractivity contribution in [2.75, 3.05) is 18.0 Å². The molecule has 1 aromatic rings. The Morgan fingerprint density at radius 3 is 2.47 bits per heavy atom. The van der Waals surface area contributed by atoms with Gasteiger partial charge in [0.2, 0.25) is 0 Å². The van der Waals surface area contributed by atoms with E-state index in [2.05, 4.69) is 0 Å². The fraction of sp³-hybridized carbons (Fsp3) is 0.462. The molecule has 4 heteroatoms. The first-order valence-electron chi connectivity index (χ1n) is 5.79. The average Bonchev–Trinajstić information content (AvgIpc) is 2.29. The predicted octanol–water partition coefficient (Wildman–Crippen LogP) is 1.74. The van der Waals surface area contributed by atoms with Gasteiger partial charge >= 0.3 is 5.97 Å². The van der Waals surface area contributed by atoms with Crippen LogP contribution < -0.4 is 4.90 Å². The highest BCUT2D eigenvalue weighted by Gasteiger charge is 2.28. The Balaban J connectivity index is 2.21. The van der Waals surface area contributed by atoms with Gasteiger partial charge in [-0.3, -0.25) is 0 Å². The van der Waals surface area contributed by atoms with Gasteiger partial charge in [0.25, 0.3) is 0 Å². The van der Waals surface area contributed by atoms with E-state index in [4.69, 9.17) is 5.11 Å². The highest BCUT2D eigenvalue weighted by Crippen LogP contribution is 2.28. The third kappa shape index (κ3) is 2.58. The summed E-state index contributed by atoms with van der Waals surface area (Å²) >= 11 is 0. The number of anilines is 1. The van der Waals surface area contributed by atoms with Gasteiger partial charge < -0.3 is 15.1 Å². The zero-order chi connectivity index (χ0) is 12.5. The summed E-state index contributed by atoms with van der Waals surface area (Å²) in [6.45, 7) is 3.21. The summed E-state index contributed by atoms with van der Waals surface area (Å²) < 4.78 is 0. The topological polar surface area (TPSA) is 60.8 Å². The molecule has 4 nitrogen and oxygen atoms in total. The number of nitrogens with zero attached hydrogens (tertiary/aromatic N) is 1. The molecule has 1 heterocycles. The molecule has 92 valence electrons. The second-order valence-corrected chi connectivity index (χ2v) is 4.81. The number of hydrogen-bond acceptors (Lipinski definition) is 3. The third-order valence-electron chi connectivity index (χ3n) is 3.32. The van der Waals surface area contributed by atoms with Crippen LogP contribution in [-0.2, 0) is 0 Å². The minimum absolute atomic E-state index is 0.328. The zero-order valence-electron chi connectivity index (χ0n) is 9.89. The molecule has 0 spiro atoms. The number of aromatic carboxylic acids is 1. The fourth-order valence-electron chi connectivity index (χ4n) is 2.16. The van der Waals surface area contributed by atoms with Crippen LogP contribution in [0.5, 0.6) is 0 Å². The summed E-state index contributed by atoms with van der Waals surface area (Å²) in [6, 6.07) is 7.01. The van der Waals surface area contributed by atoms with Gasteiger partial charge in [0.1, 0.15) is 0 Å². The van der Waals surface area contributed by atoms with Crippen molar-refractivity contribution in [3.63, 3.8) is 0 Å². The van der Waals surface area contributed by atoms with E-state index in [1.807, 2.05) is 24.0 Å². The molecule has 2 N–H and O–H groups in total. The van der Waals surface area contributed by atoms with Crippen LogP contribution in [0.3, 0.4) is 0 Å². The number of rotatable bonds is 2. The predicted molar refractivity (Wildman–Crippen MR) is 65.5 cm³/mol. The Labute approximate surface area is 100 Å². The lowest BCUT2D eigenvalue weighted by atomic mass is 9.93. The van der Waals surface area contributed by atoms with E-state index in [1.165, 1.54) is 0 Å². The van der Waals surface area contributed by atoms with Crippen molar-refractivity contribution >= 4 is 11.7 Å². The van der Waals surface area contributed by atoms with Crippen molar-refractivity contribution in [2.24, 2.45) is 0 Å². The lowest BCUT2D eigenvalue weighted by Crippen LogP contribution is -2.42. The van der Waals surface area contributed by atoms with Crippen LogP contribution in [0.15, 0.2) is 24.3 Å². The number of carboxylic acid groups (broad SMARTS) is 1. The number of benzene rings is 1. The lowest BCUT2D eigenvalue weighted by Gasteiger charge is -2.37. The SMILES string of the molecule is CC1(O)CCN(c2ccccc2C(=O)O)CC1. The van der Waals surface area contributed by atoms with Crippen LogP contribution in [0.25, 0.3) is 0 Å². The molecule has 0 atom stereocenters. The van der Waals surface area contributed by atoms with Crippen molar-refractivity contribution in [1.29, 1.82) is 0 Å². The molecule has 2 rings (SSSR count). The summed E-state index contributed by atoms with van der Waals surface area (Å²) in [4.78, 5) is 13.1. The zero-order valence-corrected chi connectivity index (χ0v) is 9.89. The van der Waals surface area contributed by atoms with E-state index in [9.17, 15) is 9.90 Å². The monoisotopic (exact) mass is 235 g/mol. The summed E-state index contributed by atoms with van der Waals surface area (Å²) in [5.74, 6) is -0.905. The van der Waals surface area contributed by atoms with Crippen molar-refractivity contribution in [3.05, 3.63) is 29.8 Å². The molecular weight excluding hydrogens is 218 g/mol. The molecule has 0 unspecified atom stereocenters. The van der Waals surface area contributed by atoms with Gasteiger partial charge in [0, 0.05) is 13.1 Å². The minimum atomic E-state index is -0.905. The first-order chi connectivity index (χ1) is 7.99. The summed E-state index contributed by atoms with van der Waals surface area (Å²) in [7, 11) is 0. The van der Waals surface area contributed by atoms with Crippen LogP contribution in [-0.4, -0.2) is 34.9 Å². The van der Waals surface area contributed by atoms with Gasteiger partial charge in [-0.05, 0) is 31.9 Å². The maximum atomic E-state index is 11.1. The molecular formula is C13H17NO3. The van der Waals surface area contributed by atoms with Crippen LogP contribution >= 0.6 is 0 Å². The van der Waals surface area contributed by atoms with Gasteiger partial charge in [0.05, 0.1) is 16.9 Å². The molecule has 0 bridgehead atoms. The Kier molecular flexibility index (Phi) is 3.07. The number of carboxylic acids is 1. The average molecular weight is 235 g/mol. The van der Waals surface area contributed by atoms with E-state index in [0.29, 0.717) is 31.5 Å². The summed E-state index contributed by atoms with van der Waals surface area (Å²) in [5.41, 5.74) is 0.457. The number of hydrogen-bond donors (Lipinski definition) is 2. The van der Waals surface area contributed by atoms with Crippen molar-refractivity contribution < 1.29 is 15.0 Å². The first-order valence-corrected chi connectivity index (χ1v) is 5.79. The Hall–Kier alpha value is -1.55. The van der Waals surface area contributed by atoms with E-state index < -0.39 is 11.6 Å². The van der Waals surface area contributed by atoms with Crippen LogP contribution in [0.2, 0.25) is 0 Å². The molecule has 1 aliphatic rings. The van der Waals surface area contributed by atoms with E-state index in [-0.39, 0.29) is 0 Å². The van der Waals surface area contributed by atoms with Gasteiger partial charge in [0.15, 0.2) is 0 Å². The Morgan fingerprint density at radius 2 is 1.88 bits per heavy atom. The van der Waals surface area contributed by atoms with Gasteiger partial charge in [-0.2, -0.15) is 0 Å². The van der Waals surface area contributed by atoms with Crippen molar-refractivity contribution in [3.8, 4) is 0 Å². The minimum Gasteiger partial charge on any atom is -0.478 e. The lowest BCUT2D eigenvalue weighted by molar-refractivity contribution is 0.0351. The number of aliphatic hydroxyl groups is 1. The van der Waals surface area contributed by atoms with E-state index in [0.717, 1.165) is 5.69 Å². The number of piperidine rings is 1. The molecule has 0 aromatic heterocycles. The molecule has 1 saturated heterocycles. The standard InChI is InChI=1S/C13H17NO3/c1-13(17)6-8-14(9-7-13)11-5-3-2-4-10(11)12(15)16/h2-5,17H,6-9H2,1H3,(H,15,16). The maximum absolute atomic E-state index is 11.1. The van der Waals surface area contributed by atoms with Crippen LogP contribution in [0.4, 0.5) is 5.69 Å². The second-order valence-electron chi connectivity index (χ2n) is 4.81. The second kappa shape index (κ2) is 4.37. The molecule has 0 radical (unpaired) electrons. The largest absolute Gasteiger partial charge is 0.478 e. The molecule has 0 saturated carbocycles. The van der Waals surface area contributed by atoms with Crippen LogP contribution in [0, 0.1) is 0 Å².